The summed E-state index contributed by atoms with van der Waals surface area (Å²) in [6.45, 7) is 0.726. The fourth-order valence-electron chi connectivity index (χ4n) is 6.43. The summed E-state index contributed by atoms with van der Waals surface area (Å²) < 4.78 is 0. The number of benzene rings is 1. The molecule has 0 heterocycles. The molecule has 1 amide bonds. The second-order valence-corrected chi connectivity index (χ2v) is 10.0. The van der Waals surface area contributed by atoms with E-state index in [-0.39, 0.29) is 5.41 Å². The smallest absolute Gasteiger partial charge is 0.226 e. The highest BCUT2D eigenvalue weighted by Gasteiger charge is 2.54. The molecule has 5 rings (SSSR count). The van der Waals surface area contributed by atoms with Crippen molar-refractivity contribution in [3.05, 3.63) is 29.8 Å². The molecule has 4 bridgehead atoms. The number of nitrogens with one attached hydrogen (secondary N) is 2. The molecule has 0 aliphatic heterocycles. The standard InChI is InChI=1S/C23H35N3O/c1-25(2)20-7-5-19(6-8-20)21(26(3)4)15-24-22(27)23-12-16-9-17(13-23)11-18(10-16)14-23/h5-8,16-18,21H,9-15H2,1-4H3,(H,24,27)/p+1/t16?,17?,18?,21-,23?/m1/s1. The highest BCUT2D eigenvalue weighted by molar-refractivity contribution is 5.83. The van der Waals surface area contributed by atoms with Crippen LogP contribution in [0, 0.1) is 23.2 Å². The van der Waals surface area contributed by atoms with Crippen LogP contribution in [-0.2, 0) is 4.79 Å². The van der Waals surface area contributed by atoms with Crippen LogP contribution in [0.3, 0.4) is 0 Å². The number of anilines is 1. The molecule has 0 spiro atoms. The number of nitrogens with zero attached hydrogens (tertiary/aromatic N) is 1. The van der Waals surface area contributed by atoms with Gasteiger partial charge in [-0.25, -0.2) is 0 Å². The van der Waals surface area contributed by atoms with E-state index in [0.717, 1.165) is 43.6 Å². The molecule has 4 fully saturated rings. The Morgan fingerprint density at radius 2 is 1.59 bits per heavy atom. The third-order valence-corrected chi connectivity index (χ3v) is 7.50. The van der Waals surface area contributed by atoms with E-state index in [1.165, 1.54) is 35.4 Å². The van der Waals surface area contributed by atoms with E-state index in [1.807, 2.05) is 0 Å². The van der Waals surface area contributed by atoms with E-state index in [0.29, 0.717) is 11.9 Å². The number of hydrogen-bond acceptors (Lipinski definition) is 2. The summed E-state index contributed by atoms with van der Waals surface area (Å²) in [5.41, 5.74) is 2.46. The van der Waals surface area contributed by atoms with Crippen LogP contribution in [0.25, 0.3) is 0 Å². The van der Waals surface area contributed by atoms with Gasteiger partial charge in [0.15, 0.2) is 0 Å². The number of rotatable bonds is 6. The first kappa shape index (κ1) is 18.8. The maximum absolute atomic E-state index is 13.3. The Bertz CT molecular complexity index is 644. The van der Waals surface area contributed by atoms with Crippen molar-refractivity contribution in [3.63, 3.8) is 0 Å². The lowest BCUT2D eigenvalue weighted by Crippen LogP contribution is -3.07. The normalized spacial score (nSPS) is 32.6. The van der Waals surface area contributed by atoms with Crippen molar-refractivity contribution in [2.75, 3.05) is 39.6 Å². The second-order valence-electron chi connectivity index (χ2n) is 10.0. The third kappa shape index (κ3) is 3.61. The van der Waals surface area contributed by atoms with Crippen LogP contribution in [0.5, 0.6) is 0 Å². The van der Waals surface area contributed by atoms with Crippen LogP contribution in [0.1, 0.15) is 50.1 Å². The van der Waals surface area contributed by atoms with Crippen molar-refractivity contribution in [1.29, 1.82) is 0 Å². The van der Waals surface area contributed by atoms with Gasteiger partial charge in [-0.2, -0.15) is 0 Å². The van der Waals surface area contributed by atoms with Gasteiger partial charge in [0.1, 0.15) is 6.04 Å². The molecule has 0 radical (unpaired) electrons. The van der Waals surface area contributed by atoms with Crippen LogP contribution in [0.4, 0.5) is 5.69 Å². The maximum atomic E-state index is 13.3. The van der Waals surface area contributed by atoms with Crippen molar-refractivity contribution in [2.24, 2.45) is 23.2 Å². The quantitative estimate of drug-likeness (QED) is 0.806. The molecule has 4 aliphatic rings. The molecular formula is C23H36N3O+. The zero-order valence-electron chi connectivity index (χ0n) is 17.4. The van der Waals surface area contributed by atoms with Gasteiger partial charge in [0.05, 0.1) is 20.6 Å². The first-order valence-electron chi connectivity index (χ1n) is 10.7. The minimum Gasteiger partial charge on any atom is -0.378 e. The molecule has 0 aromatic heterocycles. The number of likely N-dealkylation sites (N-methyl/N-ethyl adjacent to an activating group) is 1. The summed E-state index contributed by atoms with van der Waals surface area (Å²) in [5.74, 6) is 2.79. The van der Waals surface area contributed by atoms with Crippen molar-refractivity contribution in [3.8, 4) is 0 Å². The Labute approximate surface area is 164 Å². The van der Waals surface area contributed by atoms with Gasteiger partial charge >= 0.3 is 0 Å². The summed E-state index contributed by atoms with van der Waals surface area (Å²) in [4.78, 5) is 16.8. The molecule has 0 unspecified atom stereocenters. The molecule has 1 aromatic rings. The lowest BCUT2D eigenvalue weighted by Gasteiger charge is -2.55. The van der Waals surface area contributed by atoms with Crippen LogP contribution in [-0.4, -0.2) is 40.6 Å². The predicted octanol–water partition coefficient (Wildman–Crippen LogP) is 2.27. The largest absolute Gasteiger partial charge is 0.378 e. The van der Waals surface area contributed by atoms with Gasteiger partial charge in [0, 0.05) is 30.8 Å². The molecule has 4 nitrogen and oxygen atoms in total. The van der Waals surface area contributed by atoms with E-state index in [1.54, 1.807) is 0 Å². The van der Waals surface area contributed by atoms with Crippen molar-refractivity contribution in [1.82, 2.24) is 5.32 Å². The average Bonchev–Trinajstić information content (AvgIpc) is 2.60. The fraction of sp³-hybridized carbons (Fsp3) is 0.696. The first-order valence-corrected chi connectivity index (χ1v) is 10.7. The molecule has 4 saturated carbocycles. The molecular weight excluding hydrogens is 334 g/mol. The number of amides is 1. The number of carbonyl (C=O) groups excluding carboxylic acids is 1. The Morgan fingerprint density at radius 3 is 2.04 bits per heavy atom. The summed E-state index contributed by atoms with van der Waals surface area (Å²) >= 11 is 0. The van der Waals surface area contributed by atoms with E-state index in [4.69, 9.17) is 0 Å². The average molecular weight is 371 g/mol. The number of carbonyl (C=O) groups is 1. The summed E-state index contributed by atoms with van der Waals surface area (Å²) in [7, 11) is 8.49. The topological polar surface area (TPSA) is 36.8 Å². The Morgan fingerprint density at radius 1 is 1.07 bits per heavy atom. The minimum absolute atomic E-state index is 0.0459. The van der Waals surface area contributed by atoms with Gasteiger partial charge in [0.25, 0.3) is 0 Å². The monoisotopic (exact) mass is 370 g/mol. The molecule has 1 atom stereocenters. The minimum atomic E-state index is -0.0459. The summed E-state index contributed by atoms with van der Waals surface area (Å²) in [6.07, 6.45) is 7.57. The molecule has 148 valence electrons. The lowest BCUT2D eigenvalue weighted by atomic mass is 9.49. The Hall–Kier alpha value is -1.55. The van der Waals surface area contributed by atoms with E-state index >= 15 is 0 Å². The van der Waals surface area contributed by atoms with Gasteiger partial charge < -0.3 is 15.1 Å². The molecule has 27 heavy (non-hydrogen) atoms. The van der Waals surface area contributed by atoms with Gasteiger partial charge in [-0.05, 0) is 68.4 Å². The maximum Gasteiger partial charge on any atom is 0.226 e. The van der Waals surface area contributed by atoms with Gasteiger partial charge in [-0.15, -0.1) is 0 Å². The van der Waals surface area contributed by atoms with Crippen LogP contribution >= 0.6 is 0 Å². The van der Waals surface area contributed by atoms with E-state index in [9.17, 15) is 4.79 Å². The zero-order chi connectivity index (χ0) is 19.2. The highest BCUT2D eigenvalue weighted by atomic mass is 16.2. The summed E-state index contributed by atoms with van der Waals surface area (Å²) in [6, 6.07) is 9.06. The molecule has 0 saturated heterocycles. The molecule has 1 aromatic carbocycles. The van der Waals surface area contributed by atoms with Crippen molar-refractivity contribution >= 4 is 11.6 Å². The molecule has 4 heteroatoms. The number of hydrogen-bond donors (Lipinski definition) is 2. The third-order valence-electron chi connectivity index (χ3n) is 7.50. The van der Waals surface area contributed by atoms with Crippen molar-refractivity contribution < 1.29 is 9.69 Å². The zero-order valence-corrected chi connectivity index (χ0v) is 17.4. The summed E-state index contributed by atoms with van der Waals surface area (Å²) in [5, 5.41) is 3.39. The predicted molar refractivity (Wildman–Crippen MR) is 110 cm³/mol. The molecule has 4 aliphatic carbocycles. The number of quaternary nitrogens is 1. The van der Waals surface area contributed by atoms with Gasteiger partial charge in [-0.1, -0.05) is 12.1 Å². The fourth-order valence-corrected chi connectivity index (χ4v) is 6.43. The Kier molecular flexibility index (Phi) is 4.96. The second kappa shape index (κ2) is 7.12. The van der Waals surface area contributed by atoms with E-state index in [2.05, 4.69) is 62.7 Å². The molecule has 2 N–H and O–H groups in total. The van der Waals surface area contributed by atoms with Crippen molar-refractivity contribution in [2.45, 2.75) is 44.6 Å². The lowest BCUT2D eigenvalue weighted by molar-refractivity contribution is -0.890. The highest BCUT2D eigenvalue weighted by Crippen LogP contribution is 2.60. The Balaban J connectivity index is 1.43. The van der Waals surface area contributed by atoms with Crippen LogP contribution in [0.2, 0.25) is 0 Å². The van der Waals surface area contributed by atoms with Crippen LogP contribution in [0.15, 0.2) is 24.3 Å². The van der Waals surface area contributed by atoms with Gasteiger partial charge in [-0.3, -0.25) is 4.79 Å². The SMILES string of the molecule is CN(C)c1ccc([C@@H](CNC(=O)C23CC4CC(CC(C4)C2)C3)[NH+](C)C)cc1. The van der Waals surface area contributed by atoms with Crippen LogP contribution < -0.4 is 15.1 Å². The van der Waals surface area contributed by atoms with E-state index < -0.39 is 0 Å². The first-order chi connectivity index (χ1) is 12.9. The van der Waals surface area contributed by atoms with Gasteiger partial charge in [0.2, 0.25) is 5.91 Å².